The third-order valence-corrected chi connectivity index (χ3v) is 4.89. The fourth-order valence-electron chi connectivity index (χ4n) is 3.39. The molecule has 2 aliphatic heterocycles. The zero-order valence-corrected chi connectivity index (χ0v) is 20.7. The maximum absolute atomic E-state index is 12.8. The quantitative estimate of drug-likeness (QED) is 0.373. The van der Waals surface area contributed by atoms with Gasteiger partial charge in [0.1, 0.15) is 6.54 Å². The minimum absolute atomic E-state index is 0.00225. The zero-order chi connectivity index (χ0) is 25.7. The van der Waals surface area contributed by atoms with Crippen LogP contribution >= 0.6 is 0 Å². The van der Waals surface area contributed by atoms with Gasteiger partial charge in [-0.1, -0.05) is 39.8 Å². The van der Waals surface area contributed by atoms with Crippen LogP contribution in [0.3, 0.4) is 0 Å². The van der Waals surface area contributed by atoms with Gasteiger partial charge in [0.15, 0.2) is 11.5 Å². The van der Waals surface area contributed by atoms with E-state index < -0.39 is 11.9 Å². The number of benzene rings is 1. The van der Waals surface area contributed by atoms with Gasteiger partial charge in [-0.25, -0.2) is 0 Å². The molecule has 9 nitrogen and oxygen atoms in total. The van der Waals surface area contributed by atoms with Gasteiger partial charge in [0.25, 0.3) is 5.91 Å². The molecule has 0 unspecified atom stereocenters. The average molecular weight is 473 g/mol. The van der Waals surface area contributed by atoms with Crippen LogP contribution in [0.5, 0.6) is 0 Å². The number of anilines is 1. The molecule has 0 saturated carbocycles. The first-order valence-corrected chi connectivity index (χ1v) is 11.3. The molecule has 1 saturated heterocycles. The molecule has 34 heavy (non-hydrogen) atoms. The van der Waals surface area contributed by atoms with Crippen LogP contribution in [-0.4, -0.2) is 68.2 Å². The van der Waals surface area contributed by atoms with Crippen molar-refractivity contribution in [3.05, 3.63) is 35.0 Å². The van der Waals surface area contributed by atoms with Crippen molar-refractivity contribution in [3.8, 4) is 12.8 Å². The number of terminal acetylenes is 1. The number of aliphatic hydroxyl groups is 1. The molecular weight excluding hydrogens is 436 g/mol. The van der Waals surface area contributed by atoms with Crippen LogP contribution in [0.2, 0.25) is 0 Å². The Morgan fingerprint density at radius 1 is 1.26 bits per heavy atom. The van der Waals surface area contributed by atoms with E-state index in [1.807, 2.05) is 39.8 Å². The molecule has 0 aromatic heterocycles. The number of carbonyl (C=O) groups is 2. The lowest BCUT2D eigenvalue weighted by Crippen LogP contribution is -2.40. The summed E-state index contributed by atoms with van der Waals surface area (Å²) in [5, 5.41) is 19.4. The molecule has 9 heteroatoms. The van der Waals surface area contributed by atoms with Crippen LogP contribution in [0, 0.1) is 18.8 Å². The normalized spacial score (nSPS) is 15.1. The van der Waals surface area contributed by atoms with E-state index in [1.165, 1.54) is 12.1 Å². The molecule has 2 N–H and O–H groups in total. The minimum Gasteiger partial charge on any atom is -0.505 e. The average Bonchev–Trinajstić information content (AvgIpc) is 2.88. The predicted molar refractivity (Wildman–Crippen MR) is 134 cm³/mol. The van der Waals surface area contributed by atoms with Gasteiger partial charge in [-0.05, 0) is 12.0 Å². The van der Waals surface area contributed by atoms with Crippen molar-refractivity contribution in [2.75, 3.05) is 44.9 Å². The second-order valence-corrected chi connectivity index (χ2v) is 7.42. The van der Waals surface area contributed by atoms with Crippen LogP contribution in [0.25, 0.3) is 5.76 Å². The van der Waals surface area contributed by atoms with Crippen LogP contribution in [0.15, 0.2) is 29.0 Å². The zero-order valence-electron chi connectivity index (χ0n) is 20.7. The summed E-state index contributed by atoms with van der Waals surface area (Å²) in [5.41, 5.74) is 2.46. The highest BCUT2D eigenvalue weighted by atomic mass is 16.5. The van der Waals surface area contributed by atoms with Crippen molar-refractivity contribution >= 4 is 29.5 Å². The van der Waals surface area contributed by atoms with Gasteiger partial charge >= 0.3 is 5.97 Å². The van der Waals surface area contributed by atoms with Gasteiger partial charge in [0.05, 0.1) is 26.9 Å². The maximum atomic E-state index is 12.8. The summed E-state index contributed by atoms with van der Waals surface area (Å²) < 4.78 is 10.0. The molecule has 1 aromatic carbocycles. The minimum atomic E-state index is -0.596. The van der Waals surface area contributed by atoms with Crippen molar-refractivity contribution in [1.82, 2.24) is 10.3 Å². The summed E-state index contributed by atoms with van der Waals surface area (Å²) in [6, 6.07) is 5.65. The highest BCUT2D eigenvalue weighted by Gasteiger charge is 2.32. The van der Waals surface area contributed by atoms with Crippen LogP contribution in [0.1, 0.15) is 38.8 Å². The Morgan fingerprint density at radius 2 is 1.91 bits per heavy atom. The molecule has 2 aliphatic rings. The first kappa shape index (κ1) is 28.5. The number of hydrogen-bond donors (Lipinski definition) is 2. The van der Waals surface area contributed by atoms with Gasteiger partial charge < -0.3 is 24.8 Å². The topological polar surface area (TPSA) is 104 Å². The number of morpholine rings is 1. The standard InChI is InChI=1S/C21H28N4O5.C2H6.C2H2/c1-14(2)11-23-25-13-16-15(5-4-6-17(16)24-7-9-30-10-8-24)20(27)19(25)21(28)22-12-18(26)29-3;2*1-2/h4-6,11,14,27H,7-10,12-13H2,1-3H3,(H,22,28);1-2H3;1-2H/b23-11-;;. The number of hydrazone groups is 1. The number of amides is 1. The highest BCUT2D eigenvalue weighted by molar-refractivity contribution is 6.01. The van der Waals surface area contributed by atoms with E-state index in [2.05, 4.69) is 32.9 Å². The van der Waals surface area contributed by atoms with Crippen LogP contribution in [-0.2, 0) is 25.6 Å². The summed E-state index contributed by atoms with van der Waals surface area (Å²) in [4.78, 5) is 26.4. The summed E-state index contributed by atoms with van der Waals surface area (Å²) >= 11 is 0. The van der Waals surface area contributed by atoms with E-state index in [9.17, 15) is 14.7 Å². The monoisotopic (exact) mass is 472 g/mol. The number of hydrogen-bond acceptors (Lipinski definition) is 8. The van der Waals surface area contributed by atoms with Gasteiger partial charge in [-0.2, -0.15) is 5.10 Å². The number of esters is 1. The van der Waals surface area contributed by atoms with E-state index in [4.69, 9.17) is 4.74 Å². The Labute approximate surface area is 202 Å². The van der Waals surface area contributed by atoms with Gasteiger partial charge in [0, 0.05) is 36.1 Å². The third kappa shape index (κ3) is 7.25. The molecule has 186 valence electrons. The molecule has 1 amide bonds. The van der Waals surface area contributed by atoms with Gasteiger partial charge in [-0.15, -0.1) is 12.8 Å². The molecular formula is C25H36N4O5. The lowest BCUT2D eigenvalue weighted by molar-refractivity contribution is -0.140. The first-order chi connectivity index (χ1) is 16.4. The summed E-state index contributed by atoms with van der Waals surface area (Å²) in [5.74, 6) is -1.19. The van der Waals surface area contributed by atoms with Crippen molar-refractivity contribution in [2.24, 2.45) is 11.0 Å². The molecule has 0 bridgehead atoms. The number of aliphatic hydroxyl groups excluding tert-OH is 1. The number of fused-ring (bicyclic) bond motifs is 1. The SMILES string of the molecule is C#C.CC.COC(=O)CNC(=O)C1=C(O)c2cccc(N3CCOCC3)c2CN1/N=C\C(C)C. The summed E-state index contributed by atoms with van der Waals surface area (Å²) in [7, 11) is 1.24. The Morgan fingerprint density at radius 3 is 2.50 bits per heavy atom. The molecule has 0 spiro atoms. The fraction of sp³-hybridized carbons (Fsp3) is 0.480. The van der Waals surface area contributed by atoms with E-state index >= 15 is 0 Å². The largest absolute Gasteiger partial charge is 0.505 e. The van der Waals surface area contributed by atoms with Crippen molar-refractivity contribution in [2.45, 2.75) is 34.2 Å². The molecule has 3 rings (SSSR count). The van der Waals surface area contributed by atoms with E-state index in [1.54, 1.807) is 12.3 Å². The molecule has 1 fully saturated rings. The highest BCUT2D eigenvalue weighted by Crippen LogP contribution is 2.36. The number of rotatable bonds is 6. The first-order valence-electron chi connectivity index (χ1n) is 11.3. The van der Waals surface area contributed by atoms with Crippen LogP contribution in [0.4, 0.5) is 5.69 Å². The van der Waals surface area contributed by atoms with Crippen molar-refractivity contribution < 1.29 is 24.2 Å². The van der Waals surface area contributed by atoms with Gasteiger partial charge in [0.2, 0.25) is 0 Å². The van der Waals surface area contributed by atoms with Crippen molar-refractivity contribution in [3.63, 3.8) is 0 Å². The van der Waals surface area contributed by atoms with E-state index in [-0.39, 0.29) is 23.9 Å². The van der Waals surface area contributed by atoms with E-state index in [0.717, 1.165) is 24.3 Å². The number of nitrogens with zero attached hydrogens (tertiary/aromatic N) is 3. The number of carbonyl (C=O) groups excluding carboxylic acids is 2. The second-order valence-electron chi connectivity index (χ2n) is 7.42. The van der Waals surface area contributed by atoms with Gasteiger partial charge in [-0.3, -0.25) is 14.6 Å². The number of methoxy groups -OCH3 is 1. The molecule has 2 heterocycles. The molecule has 0 radical (unpaired) electrons. The number of ether oxygens (including phenoxy) is 2. The molecule has 1 aromatic rings. The summed E-state index contributed by atoms with van der Waals surface area (Å²) in [6.45, 7) is 10.8. The Balaban J connectivity index is 0.00000137. The second kappa shape index (κ2) is 14.6. The number of nitrogens with one attached hydrogen (secondary N) is 1. The van der Waals surface area contributed by atoms with Crippen LogP contribution < -0.4 is 10.2 Å². The maximum Gasteiger partial charge on any atom is 0.325 e. The molecule has 0 atom stereocenters. The smallest absolute Gasteiger partial charge is 0.325 e. The predicted octanol–water partition coefficient (Wildman–Crippen LogP) is 2.77. The fourth-order valence-corrected chi connectivity index (χ4v) is 3.39. The Hall–Kier alpha value is -3.51. The van der Waals surface area contributed by atoms with Crippen molar-refractivity contribution in [1.29, 1.82) is 0 Å². The lowest BCUT2D eigenvalue weighted by atomic mass is 9.97. The molecule has 0 aliphatic carbocycles. The summed E-state index contributed by atoms with van der Waals surface area (Å²) in [6.07, 6.45) is 9.71. The Bertz CT molecular complexity index is 902. The lowest BCUT2D eigenvalue weighted by Gasteiger charge is -2.35. The Kier molecular flexibility index (Phi) is 12.2. The third-order valence-electron chi connectivity index (χ3n) is 4.89. The van der Waals surface area contributed by atoms with E-state index in [0.29, 0.717) is 25.3 Å².